The fourth-order valence-electron chi connectivity index (χ4n) is 6.46. The number of rotatable bonds is 7. The molecule has 30 heavy (non-hydrogen) atoms. The molecular formula is C23H31NO5S. The average Bonchev–Trinajstić information content (AvgIpc) is 2.96. The molecule has 1 aromatic rings. The molecule has 0 saturated heterocycles. The van der Waals surface area contributed by atoms with Crippen LogP contribution >= 0.6 is 11.3 Å². The van der Waals surface area contributed by atoms with Gasteiger partial charge in [0, 0.05) is 6.42 Å². The van der Waals surface area contributed by atoms with Crippen LogP contribution in [-0.4, -0.2) is 31.1 Å². The first-order valence-corrected chi connectivity index (χ1v) is 11.9. The summed E-state index contributed by atoms with van der Waals surface area (Å²) in [4.78, 5) is 38.3. The molecule has 0 atom stereocenters. The smallest absolute Gasteiger partial charge is 0.348 e. The van der Waals surface area contributed by atoms with Gasteiger partial charge in [0.25, 0.3) is 0 Å². The maximum Gasteiger partial charge on any atom is 0.348 e. The van der Waals surface area contributed by atoms with Crippen LogP contribution in [0.4, 0.5) is 5.00 Å². The molecule has 4 aliphatic carbocycles. The molecule has 5 rings (SSSR count). The van der Waals surface area contributed by atoms with E-state index in [2.05, 4.69) is 5.32 Å². The van der Waals surface area contributed by atoms with Crippen molar-refractivity contribution in [2.75, 3.05) is 18.5 Å². The second-order valence-electron chi connectivity index (χ2n) is 9.34. The van der Waals surface area contributed by atoms with Crippen molar-refractivity contribution < 1.29 is 23.9 Å². The fraction of sp³-hybridized carbons (Fsp3) is 0.696. The van der Waals surface area contributed by atoms with Gasteiger partial charge in [-0.25, -0.2) is 9.59 Å². The predicted molar refractivity (Wildman–Crippen MR) is 115 cm³/mol. The molecule has 1 amide bonds. The van der Waals surface area contributed by atoms with Crippen molar-refractivity contribution in [2.45, 2.75) is 65.7 Å². The Kier molecular flexibility index (Phi) is 5.93. The van der Waals surface area contributed by atoms with Gasteiger partial charge in [-0.3, -0.25) is 4.79 Å². The van der Waals surface area contributed by atoms with Crippen molar-refractivity contribution >= 4 is 34.2 Å². The SMILES string of the molecule is CCOC(=O)c1sc(NC(=O)CC23CC4CC(CC(C4)C2)C3)c(C(=O)OCC)c1C. The zero-order chi connectivity index (χ0) is 21.5. The number of ether oxygens (including phenoxy) is 2. The maximum absolute atomic E-state index is 13.1. The Morgan fingerprint density at radius 2 is 1.50 bits per heavy atom. The lowest BCUT2D eigenvalue weighted by atomic mass is 9.49. The fourth-order valence-corrected chi connectivity index (χ4v) is 7.56. The van der Waals surface area contributed by atoms with E-state index < -0.39 is 11.9 Å². The highest BCUT2D eigenvalue weighted by Gasteiger charge is 2.51. The van der Waals surface area contributed by atoms with Gasteiger partial charge in [-0.1, -0.05) is 0 Å². The Morgan fingerprint density at radius 1 is 0.967 bits per heavy atom. The Morgan fingerprint density at radius 3 is 2.03 bits per heavy atom. The lowest BCUT2D eigenvalue weighted by Gasteiger charge is -2.56. The summed E-state index contributed by atoms with van der Waals surface area (Å²) in [6.45, 7) is 5.64. The van der Waals surface area contributed by atoms with E-state index in [0.29, 0.717) is 21.9 Å². The number of carbonyl (C=O) groups is 3. The summed E-state index contributed by atoms with van der Waals surface area (Å²) in [6, 6.07) is 0. The van der Waals surface area contributed by atoms with E-state index in [1.165, 1.54) is 19.3 Å². The van der Waals surface area contributed by atoms with Crippen LogP contribution in [0.2, 0.25) is 0 Å². The van der Waals surface area contributed by atoms with Crippen molar-refractivity contribution in [2.24, 2.45) is 23.2 Å². The van der Waals surface area contributed by atoms with Gasteiger partial charge in [-0.2, -0.15) is 0 Å². The summed E-state index contributed by atoms with van der Waals surface area (Å²) in [5.74, 6) is 1.26. The molecule has 0 radical (unpaired) electrons. The molecule has 4 aliphatic rings. The molecular weight excluding hydrogens is 402 g/mol. The molecule has 4 bridgehead atoms. The van der Waals surface area contributed by atoms with Crippen LogP contribution in [0.25, 0.3) is 0 Å². The van der Waals surface area contributed by atoms with Crippen LogP contribution in [0.3, 0.4) is 0 Å². The first-order chi connectivity index (χ1) is 14.3. The average molecular weight is 434 g/mol. The molecule has 6 nitrogen and oxygen atoms in total. The first-order valence-electron chi connectivity index (χ1n) is 11.1. The number of amides is 1. The van der Waals surface area contributed by atoms with Crippen molar-refractivity contribution in [1.29, 1.82) is 0 Å². The minimum Gasteiger partial charge on any atom is -0.462 e. The molecule has 0 unspecified atom stereocenters. The highest BCUT2D eigenvalue weighted by molar-refractivity contribution is 7.18. The Hall–Kier alpha value is -1.89. The predicted octanol–water partition coefficient (Wildman–Crippen LogP) is 4.95. The number of esters is 2. The third-order valence-electron chi connectivity index (χ3n) is 7.04. The van der Waals surface area contributed by atoms with Gasteiger partial charge in [-0.05, 0) is 88.0 Å². The Bertz CT molecular complexity index is 823. The van der Waals surface area contributed by atoms with E-state index >= 15 is 0 Å². The van der Waals surface area contributed by atoms with Gasteiger partial charge in [0.1, 0.15) is 9.88 Å². The van der Waals surface area contributed by atoms with Gasteiger partial charge in [0.2, 0.25) is 5.91 Å². The minimum absolute atomic E-state index is 0.0702. The summed E-state index contributed by atoms with van der Waals surface area (Å²) in [5, 5.41) is 3.35. The van der Waals surface area contributed by atoms with E-state index in [-0.39, 0.29) is 30.1 Å². The maximum atomic E-state index is 13.1. The largest absolute Gasteiger partial charge is 0.462 e. The highest BCUT2D eigenvalue weighted by Crippen LogP contribution is 2.61. The third kappa shape index (κ3) is 4.01. The molecule has 0 spiro atoms. The monoisotopic (exact) mass is 433 g/mol. The van der Waals surface area contributed by atoms with E-state index in [4.69, 9.17) is 9.47 Å². The van der Waals surface area contributed by atoms with Crippen molar-refractivity contribution in [3.05, 3.63) is 16.0 Å². The number of hydrogen-bond acceptors (Lipinski definition) is 6. The van der Waals surface area contributed by atoms with E-state index in [0.717, 1.165) is 48.4 Å². The molecule has 7 heteroatoms. The van der Waals surface area contributed by atoms with E-state index in [1.54, 1.807) is 20.8 Å². The first kappa shape index (κ1) is 21.3. The standard InChI is InChI=1S/C23H31NO5S/c1-4-28-21(26)18-13(3)19(22(27)29-5-2)30-20(18)24-17(25)12-23-9-14-6-15(10-23)8-16(7-14)11-23/h14-16H,4-12H2,1-3H3,(H,24,25). The van der Waals surface area contributed by atoms with Gasteiger partial charge in [0.15, 0.2) is 0 Å². The van der Waals surface area contributed by atoms with Gasteiger partial charge >= 0.3 is 11.9 Å². The highest BCUT2D eigenvalue weighted by atomic mass is 32.1. The van der Waals surface area contributed by atoms with Gasteiger partial charge in [-0.15, -0.1) is 11.3 Å². The number of anilines is 1. The third-order valence-corrected chi connectivity index (χ3v) is 8.23. The zero-order valence-corrected chi connectivity index (χ0v) is 18.9. The van der Waals surface area contributed by atoms with Gasteiger partial charge in [0.05, 0.1) is 18.8 Å². The lowest BCUT2D eigenvalue weighted by Crippen LogP contribution is -2.47. The quantitative estimate of drug-likeness (QED) is 0.615. The summed E-state index contributed by atoms with van der Waals surface area (Å²) in [5.41, 5.74) is 0.880. The van der Waals surface area contributed by atoms with E-state index in [1.807, 2.05) is 0 Å². The molecule has 164 valence electrons. The van der Waals surface area contributed by atoms with Crippen LogP contribution in [0.15, 0.2) is 0 Å². The lowest BCUT2D eigenvalue weighted by molar-refractivity contribution is -0.124. The second-order valence-corrected chi connectivity index (χ2v) is 10.4. The minimum atomic E-state index is -0.521. The number of hydrogen-bond donors (Lipinski definition) is 1. The normalized spacial score (nSPS) is 29.0. The summed E-state index contributed by atoms with van der Waals surface area (Å²) < 4.78 is 10.3. The Balaban J connectivity index is 1.54. The molecule has 1 heterocycles. The molecule has 1 N–H and O–H groups in total. The molecule has 0 aliphatic heterocycles. The van der Waals surface area contributed by atoms with Crippen LogP contribution in [-0.2, 0) is 14.3 Å². The topological polar surface area (TPSA) is 81.7 Å². The number of thiophene rings is 1. The molecule has 4 fully saturated rings. The summed E-state index contributed by atoms with van der Waals surface area (Å²) in [6.07, 6.45) is 7.94. The van der Waals surface area contributed by atoms with Crippen molar-refractivity contribution in [1.82, 2.24) is 0 Å². The molecule has 0 aromatic carbocycles. The van der Waals surface area contributed by atoms with Crippen molar-refractivity contribution in [3.63, 3.8) is 0 Å². The molecule has 4 saturated carbocycles. The van der Waals surface area contributed by atoms with Crippen LogP contribution in [0, 0.1) is 30.1 Å². The summed E-state index contributed by atoms with van der Waals surface area (Å²) in [7, 11) is 0. The van der Waals surface area contributed by atoms with Gasteiger partial charge < -0.3 is 14.8 Å². The van der Waals surface area contributed by atoms with Crippen LogP contribution in [0.1, 0.15) is 84.4 Å². The Labute approximate surface area is 181 Å². The van der Waals surface area contributed by atoms with Crippen LogP contribution < -0.4 is 5.32 Å². The summed E-state index contributed by atoms with van der Waals surface area (Å²) >= 11 is 1.10. The molecule has 1 aromatic heterocycles. The number of carbonyl (C=O) groups excluding carboxylic acids is 3. The second kappa shape index (κ2) is 8.33. The zero-order valence-electron chi connectivity index (χ0n) is 18.0. The van der Waals surface area contributed by atoms with Crippen molar-refractivity contribution in [3.8, 4) is 0 Å². The van der Waals surface area contributed by atoms with E-state index in [9.17, 15) is 14.4 Å². The van der Waals surface area contributed by atoms with Crippen LogP contribution in [0.5, 0.6) is 0 Å². The number of nitrogens with one attached hydrogen (secondary N) is 1.